The van der Waals surface area contributed by atoms with Crippen LogP contribution in [0.5, 0.6) is 0 Å². The molecular formula is C19H19BrFN3O2. The number of amides is 3. The van der Waals surface area contributed by atoms with Crippen LogP contribution >= 0.6 is 15.9 Å². The van der Waals surface area contributed by atoms with E-state index in [2.05, 4.69) is 21.2 Å². The molecule has 0 unspecified atom stereocenters. The fourth-order valence-electron chi connectivity index (χ4n) is 3.12. The number of hydrogen-bond acceptors (Lipinski definition) is 2. The van der Waals surface area contributed by atoms with Gasteiger partial charge in [0.15, 0.2) is 0 Å². The molecule has 1 aromatic carbocycles. The normalized spacial score (nSPS) is 15.9. The van der Waals surface area contributed by atoms with Crippen molar-refractivity contribution in [2.45, 2.75) is 27.2 Å². The Morgan fingerprint density at radius 1 is 1.23 bits per heavy atom. The van der Waals surface area contributed by atoms with Crippen LogP contribution in [-0.2, 0) is 4.79 Å². The fourth-order valence-corrected chi connectivity index (χ4v) is 3.45. The molecule has 1 aliphatic heterocycles. The zero-order chi connectivity index (χ0) is 19.0. The van der Waals surface area contributed by atoms with Gasteiger partial charge in [-0.25, -0.2) is 9.18 Å². The van der Waals surface area contributed by atoms with Gasteiger partial charge >= 0.3 is 6.03 Å². The molecule has 3 rings (SSSR count). The quantitative estimate of drug-likeness (QED) is 0.593. The number of carbonyl (C=O) groups is 2. The van der Waals surface area contributed by atoms with E-state index in [1.54, 1.807) is 22.8 Å². The molecule has 1 fully saturated rings. The third-order valence-electron chi connectivity index (χ3n) is 4.33. The molecule has 0 radical (unpaired) electrons. The van der Waals surface area contributed by atoms with Gasteiger partial charge in [-0.1, -0.05) is 22.9 Å². The van der Waals surface area contributed by atoms with Gasteiger partial charge in [0.05, 0.1) is 5.69 Å². The van der Waals surface area contributed by atoms with Crippen LogP contribution in [-0.4, -0.2) is 28.0 Å². The zero-order valence-corrected chi connectivity index (χ0v) is 16.4. The maximum atomic E-state index is 14.4. The lowest BCUT2D eigenvalue weighted by atomic mass is 10.2. The number of imide groups is 1. The van der Waals surface area contributed by atoms with Crippen molar-refractivity contribution in [2.75, 3.05) is 6.54 Å². The number of benzene rings is 1. The Kier molecular flexibility index (Phi) is 5.00. The molecule has 0 aliphatic carbocycles. The summed E-state index contributed by atoms with van der Waals surface area (Å²) in [7, 11) is 0. The van der Waals surface area contributed by atoms with Crippen molar-refractivity contribution in [3.05, 3.63) is 57.2 Å². The predicted molar refractivity (Wildman–Crippen MR) is 101 cm³/mol. The van der Waals surface area contributed by atoms with Gasteiger partial charge in [-0.15, -0.1) is 0 Å². The second-order valence-corrected chi connectivity index (χ2v) is 7.12. The lowest BCUT2D eigenvalue weighted by molar-refractivity contribution is -0.122. The number of urea groups is 1. The van der Waals surface area contributed by atoms with Crippen LogP contribution in [0.3, 0.4) is 0 Å². The van der Waals surface area contributed by atoms with Gasteiger partial charge in [0, 0.05) is 22.4 Å². The maximum Gasteiger partial charge on any atom is 0.329 e. The summed E-state index contributed by atoms with van der Waals surface area (Å²) >= 11 is 3.26. The second-order valence-electron chi connectivity index (χ2n) is 6.20. The molecule has 2 aromatic rings. The minimum absolute atomic E-state index is 0.236. The highest BCUT2D eigenvalue weighted by Crippen LogP contribution is 2.26. The SMILES string of the molecule is CCCN1C(=O)N/C(=C/c2cc(C)n(-c3ccc(Br)cc3F)c2C)C1=O. The number of carbonyl (C=O) groups excluding carboxylic acids is 2. The predicted octanol–water partition coefficient (Wildman–Crippen LogP) is 4.30. The van der Waals surface area contributed by atoms with Crippen molar-refractivity contribution in [2.24, 2.45) is 0 Å². The summed E-state index contributed by atoms with van der Waals surface area (Å²) in [5.41, 5.74) is 3.04. The third kappa shape index (κ3) is 3.19. The van der Waals surface area contributed by atoms with E-state index >= 15 is 0 Å². The number of rotatable bonds is 4. The molecule has 5 nitrogen and oxygen atoms in total. The smallest absolute Gasteiger partial charge is 0.315 e. The minimum atomic E-state index is -0.407. The Labute approximate surface area is 159 Å². The summed E-state index contributed by atoms with van der Waals surface area (Å²) in [5.74, 6) is -0.684. The lowest BCUT2D eigenvalue weighted by Crippen LogP contribution is -2.31. The van der Waals surface area contributed by atoms with E-state index in [1.807, 2.05) is 26.8 Å². The van der Waals surface area contributed by atoms with Crippen molar-refractivity contribution in [1.82, 2.24) is 14.8 Å². The molecule has 1 saturated heterocycles. The van der Waals surface area contributed by atoms with Gasteiger partial charge in [-0.2, -0.15) is 0 Å². The molecule has 0 atom stereocenters. The first-order valence-electron chi connectivity index (χ1n) is 8.32. The number of halogens is 2. The molecule has 0 bridgehead atoms. The van der Waals surface area contributed by atoms with E-state index in [-0.39, 0.29) is 17.4 Å². The standard InChI is InChI=1S/C19H19BrFN3O2/c1-4-7-23-18(25)16(22-19(23)26)9-13-8-11(2)24(12(13)3)17-6-5-14(20)10-15(17)21/h5-6,8-10H,4,7H2,1-3H3,(H,22,26)/b16-9+. The van der Waals surface area contributed by atoms with Crippen LogP contribution in [0.2, 0.25) is 0 Å². The molecule has 7 heteroatoms. The first kappa shape index (κ1) is 18.4. The van der Waals surface area contributed by atoms with E-state index in [0.29, 0.717) is 23.1 Å². The first-order chi connectivity index (χ1) is 12.3. The van der Waals surface area contributed by atoms with Crippen LogP contribution < -0.4 is 5.32 Å². The summed E-state index contributed by atoms with van der Waals surface area (Å²) < 4.78 is 16.8. The summed E-state index contributed by atoms with van der Waals surface area (Å²) in [5, 5.41) is 2.61. The number of nitrogens with zero attached hydrogens (tertiary/aromatic N) is 2. The van der Waals surface area contributed by atoms with Crippen molar-refractivity contribution in [3.63, 3.8) is 0 Å². The third-order valence-corrected chi connectivity index (χ3v) is 4.82. The Hall–Kier alpha value is -2.41. The van der Waals surface area contributed by atoms with Gasteiger partial charge in [0.1, 0.15) is 11.5 Å². The van der Waals surface area contributed by atoms with Crippen molar-refractivity contribution >= 4 is 33.9 Å². The van der Waals surface area contributed by atoms with E-state index in [0.717, 1.165) is 17.0 Å². The lowest BCUT2D eigenvalue weighted by Gasteiger charge is -2.11. The van der Waals surface area contributed by atoms with E-state index in [1.165, 1.54) is 11.0 Å². The zero-order valence-electron chi connectivity index (χ0n) is 14.8. The minimum Gasteiger partial charge on any atom is -0.315 e. The first-order valence-corrected chi connectivity index (χ1v) is 9.11. The summed E-state index contributed by atoms with van der Waals surface area (Å²) in [6, 6.07) is 6.35. The molecule has 1 aromatic heterocycles. The summed E-state index contributed by atoms with van der Waals surface area (Å²) in [6.45, 7) is 6.01. The van der Waals surface area contributed by atoms with Crippen LogP contribution in [0.15, 0.2) is 34.4 Å². The average Bonchev–Trinajstić information content (AvgIpc) is 2.99. The topological polar surface area (TPSA) is 54.3 Å². The van der Waals surface area contributed by atoms with Crippen molar-refractivity contribution in [3.8, 4) is 5.69 Å². The number of aromatic nitrogens is 1. The number of aryl methyl sites for hydroxylation is 1. The molecular weight excluding hydrogens is 401 g/mol. The fraction of sp³-hybridized carbons (Fsp3) is 0.263. The average molecular weight is 420 g/mol. The Morgan fingerprint density at radius 2 is 1.96 bits per heavy atom. The molecule has 3 amide bonds. The maximum absolute atomic E-state index is 14.4. The van der Waals surface area contributed by atoms with E-state index < -0.39 is 6.03 Å². The monoisotopic (exact) mass is 419 g/mol. The Bertz CT molecular complexity index is 933. The van der Waals surface area contributed by atoms with Crippen molar-refractivity contribution < 1.29 is 14.0 Å². The van der Waals surface area contributed by atoms with Crippen LogP contribution in [0.4, 0.5) is 9.18 Å². The molecule has 1 N–H and O–H groups in total. The van der Waals surface area contributed by atoms with Gasteiger partial charge in [-0.05, 0) is 56.2 Å². The molecule has 1 aliphatic rings. The van der Waals surface area contributed by atoms with Gasteiger partial charge < -0.3 is 9.88 Å². The van der Waals surface area contributed by atoms with Gasteiger partial charge in [-0.3, -0.25) is 9.69 Å². The molecule has 2 heterocycles. The molecule has 0 spiro atoms. The summed E-state index contributed by atoms with van der Waals surface area (Å²) in [4.78, 5) is 25.5. The highest BCUT2D eigenvalue weighted by molar-refractivity contribution is 9.10. The van der Waals surface area contributed by atoms with Crippen LogP contribution in [0.1, 0.15) is 30.3 Å². The molecule has 26 heavy (non-hydrogen) atoms. The van der Waals surface area contributed by atoms with Gasteiger partial charge in [0.2, 0.25) is 0 Å². The summed E-state index contributed by atoms with van der Waals surface area (Å²) in [6.07, 6.45) is 2.34. The highest BCUT2D eigenvalue weighted by atomic mass is 79.9. The number of nitrogens with one attached hydrogen (secondary N) is 1. The Balaban J connectivity index is 2.01. The van der Waals surface area contributed by atoms with Gasteiger partial charge in [0.25, 0.3) is 5.91 Å². The number of hydrogen-bond donors (Lipinski definition) is 1. The molecule has 136 valence electrons. The largest absolute Gasteiger partial charge is 0.329 e. The van der Waals surface area contributed by atoms with E-state index in [9.17, 15) is 14.0 Å². The van der Waals surface area contributed by atoms with E-state index in [4.69, 9.17) is 0 Å². The highest BCUT2D eigenvalue weighted by Gasteiger charge is 2.32. The van der Waals surface area contributed by atoms with Crippen molar-refractivity contribution in [1.29, 1.82) is 0 Å². The van der Waals surface area contributed by atoms with Crippen LogP contribution in [0.25, 0.3) is 11.8 Å². The second kappa shape index (κ2) is 7.07. The molecule has 0 saturated carbocycles. The Morgan fingerprint density at radius 3 is 2.62 bits per heavy atom. The van der Waals surface area contributed by atoms with Crippen LogP contribution in [0, 0.1) is 19.7 Å².